The first-order valence-electron chi connectivity index (χ1n) is 5.40. The molecule has 0 saturated carbocycles. The Balaban J connectivity index is 2.74. The van der Waals surface area contributed by atoms with Crippen LogP contribution in [0.1, 0.15) is 17.0 Å². The Morgan fingerprint density at radius 2 is 1.89 bits per heavy atom. The molecule has 0 aliphatic carbocycles. The smallest absolute Gasteiger partial charge is 0.396 e. The van der Waals surface area contributed by atoms with E-state index < -0.39 is 11.7 Å². The predicted molar refractivity (Wildman–Crippen MR) is 70.2 cm³/mol. The number of nitrogen functional groups attached to an aromatic ring is 1. The summed E-state index contributed by atoms with van der Waals surface area (Å²) in [6.07, 6.45) is -4.45. The van der Waals surface area contributed by atoms with Crippen LogP contribution in [0.3, 0.4) is 0 Å². The van der Waals surface area contributed by atoms with E-state index in [-0.39, 0.29) is 5.69 Å². The third-order valence-electron chi connectivity index (χ3n) is 2.84. The van der Waals surface area contributed by atoms with E-state index in [4.69, 9.17) is 5.73 Å². The summed E-state index contributed by atoms with van der Waals surface area (Å²) in [5.74, 6) is 0. The molecule has 2 N–H and O–H groups in total. The quantitative estimate of drug-likeness (QED) is 0.861. The van der Waals surface area contributed by atoms with Crippen LogP contribution in [0.5, 0.6) is 0 Å². The van der Waals surface area contributed by atoms with Gasteiger partial charge in [-0.05, 0) is 32.0 Å². The van der Waals surface area contributed by atoms with E-state index in [1.54, 1.807) is 13.8 Å². The highest BCUT2D eigenvalue weighted by Gasteiger charge is 2.34. The first-order valence-corrected chi connectivity index (χ1v) is 6.20. The fourth-order valence-corrected chi connectivity index (χ4v) is 2.16. The van der Waals surface area contributed by atoms with Gasteiger partial charge in [0.15, 0.2) is 0 Å². The summed E-state index contributed by atoms with van der Waals surface area (Å²) >= 11 is 3.17. The number of nitrogens with zero attached hydrogens (tertiary/aromatic N) is 2. The van der Waals surface area contributed by atoms with Crippen molar-refractivity contribution < 1.29 is 13.2 Å². The van der Waals surface area contributed by atoms with E-state index in [2.05, 4.69) is 21.0 Å². The minimum Gasteiger partial charge on any atom is -0.396 e. The Morgan fingerprint density at radius 3 is 2.37 bits per heavy atom. The topological polar surface area (TPSA) is 43.8 Å². The number of alkyl halides is 3. The largest absolute Gasteiger partial charge is 0.418 e. The molecular weight excluding hydrogens is 323 g/mol. The lowest BCUT2D eigenvalue weighted by Gasteiger charge is -2.14. The molecule has 0 amide bonds. The number of anilines is 1. The number of benzene rings is 1. The van der Waals surface area contributed by atoms with E-state index in [0.29, 0.717) is 21.5 Å². The van der Waals surface area contributed by atoms with Crippen LogP contribution in [-0.4, -0.2) is 9.78 Å². The second-order valence-corrected chi connectivity index (χ2v) is 5.07. The van der Waals surface area contributed by atoms with Crippen LogP contribution < -0.4 is 5.73 Å². The molecule has 2 aromatic rings. The summed E-state index contributed by atoms with van der Waals surface area (Å²) < 4.78 is 40.8. The molecule has 0 bridgehead atoms. The number of hydrogen-bond donors (Lipinski definition) is 1. The third kappa shape index (κ3) is 2.47. The lowest BCUT2D eigenvalue weighted by atomic mass is 10.1. The second kappa shape index (κ2) is 4.56. The highest BCUT2D eigenvalue weighted by atomic mass is 79.9. The summed E-state index contributed by atoms with van der Waals surface area (Å²) in [4.78, 5) is 0. The zero-order valence-electron chi connectivity index (χ0n) is 10.2. The van der Waals surface area contributed by atoms with Gasteiger partial charge in [0.1, 0.15) is 0 Å². The molecule has 102 valence electrons. The van der Waals surface area contributed by atoms with Crippen LogP contribution in [0.15, 0.2) is 22.7 Å². The van der Waals surface area contributed by atoms with Gasteiger partial charge in [-0.25, -0.2) is 4.68 Å². The van der Waals surface area contributed by atoms with Crippen molar-refractivity contribution in [1.29, 1.82) is 0 Å². The predicted octanol–water partition coefficient (Wildman–Crippen LogP) is 3.85. The van der Waals surface area contributed by atoms with Gasteiger partial charge in [-0.3, -0.25) is 0 Å². The van der Waals surface area contributed by atoms with Crippen molar-refractivity contribution >= 4 is 21.6 Å². The standard InChI is InChI=1S/C12H11BrF3N3/c1-6-11(17)7(2)19(18-6)10-5-8(13)3-4-9(10)12(14,15)16/h3-5H,17H2,1-2H3. The Morgan fingerprint density at radius 1 is 1.26 bits per heavy atom. The summed E-state index contributed by atoms with van der Waals surface area (Å²) in [6.45, 7) is 3.29. The summed E-state index contributed by atoms with van der Waals surface area (Å²) in [5, 5.41) is 4.07. The van der Waals surface area contributed by atoms with Gasteiger partial charge in [0, 0.05) is 4.47 Å². The van der Waals surface area contributed by atoms with Gasteiger partial charge in [0.2, 0.25) is 0 Å². The minimum absolute atomic E-state index is 0.0424. The fourth-order valence-electron chi connectivity index (χ4n) is 1.81. The fraction of sp³-hybridized carbons (Fsp3) is 0.250. The van der Waals surface area contributed by atoms with E-state index in [1.165, 1.54) is 16.8 Å². The van der Waals surface area contributed by atoms with E-state index in [0.717, 1.165) is 6.07 Å². The highest BCUT2D eigenvalue weighted by Crippen LogP contribution is 2.36. The van der Waals surface area contributed by atoms with Crippen LogP contribution in [0.25, 0.3) is 5.69 Å². The van der Waals surface area contributed by atoms with Crippen LogP contribution in [0, 0.1) is 13.8 Å². The molecule has 0 aliphatic heterocycles. The van der Waals surface area contributed by atoms with Gasteiger partial charge in [-0.2, -0.15) is 18.3 Å². The molecule has 0 aliphatic rings. The van der Waals surface area contributed by atoms with Crippen molar-refractivity contribution in [3.05, 3.63) is 39.6 Å². The minimum atomic E-state index is -4.45. The Bertz CT molecular complexity index is 632. The Labute approximate surface area is 116 Å². The normalized spacial score (nSPS) is 11.9. The molecule has 7 heteroatoms. The molecule has 0 fully saturated rings. The van der Waals surface area contributed by atoms with Gasteiger partial charge in [0.05, 0.1) is 28.3 Å². The number of halogens is 4. The molecule has 0 radical (unpaired) electrons. The Hall–Kier alpha value is -1.50. The summed E-state index contributed by atoms with van der Waals surface area (Å²) in [6, 6.07) is 3.75. The second-order valence-electron chi connectivity index (χ2n) is 4.16. The van der Waals surface area contributed by atoms with Crippen LogP contribution in [0.4, 0.5) is 18.9 Å². The zero-order chi connectivity index (χ0) is 14.4. The molecule has 1 heterocycles. The lowest BCUT2D eigenvalue weighted by Crippen LogP contribution is -2.12. The Kier molecular flexibility index (Phi) is 3.34. The van der Waals surface area contributed by atoms with Gasteiger partial charge >= 0.3 is 6.18 Å². The van der Waals surface area contributed by atoms with E-state index in [1.807, 2.05) is 0 Å². The number of nitrogens with two attached hydrogens (primary N) is 1. The van der Waals surface area contributed by atoms with Gasteiger partial charge in [-0.1, -0.05) is 15.9 Å². The first-order chi connectivity index (χ1) is 8.71. The van der Waals surface area contributed by atoms with Crippen LogP contribution >= 0.6 is 15.9 Å². The van der Waals surface area contributed by atoms with Gasteiger partial charge in [0.25, 0.3) is 0 Å². The molecule has 0 atom stereocenters. The average Bonchev–Trinajstić information content (AvgIpc) is 2.55. The van der Waals surface area contributed by atoms with Crippen molar-refractivity contribution in [2.45, 2.75) is 20.0 Å². The highest BCUT2D eigenvalue weighted by molar-refractivity contribution is 9.10. The molecule has 1 aromatic heterocycles. The number of aromatic nitrogens is 2. The molecule has 0 unspecified atom stereocenters. The maximum Gasteiger partial charge on any atom is 0.418 e. The van der Waals surface area contributed by atoms with Crippen molar-refractivity contribution in [3.63, 3.8) is 0 Å². The molecule has 3 nitrogen and oxygen atoms in total. The maximum atomic E-state index is 13.0. The SMILES string of the molecule is Cc1nn(-c2cc(Br)ccc2C(F)(F)F)c(C)c1N. The van der Waals surface area contributed by atoms with Crippen LogP contribution in [0.2, 0.25) is 0 Å². The van der Waals surface area contributed by atoms with Gasteiger partial charge in [-0.15, -0.1) is 0 Å². The molecule has 19 heavy (non-hydrogen) atoms. The lowest BCUT2D eigenvalue weighted by molar-refractivity contribution is -0.137. The molecule has 0 saturated heterocycles. The van der Waals surface area contributed by atoms with Crippen molar-refractivity contribution in [3.8, 4) is 5.69 Å². The van der Waals surface area contributed by atoms with Crippen molar-refractivity contribution in [2.24, 2.45) is 0 Å². The molecule has 0 spiro atoms. The summed E-state index contributed by atoms with van der Waals surface area (Å²) in [5.41, 5.74) is 6.36. The third-order valence-corrected chi connectivity index (χ3v) is 3.33. The number of aryl methyl sites for hydroxylation is 1. The summed E-state index contributed by atoms with van der Waals surface area (Å²) in [7, 11) is 0. The number of hydrogen-bond acceptors (Lipinski definition) is 2. The average molecular weight is 334 g/mol. The van der Waals surface area contributed by atoms with E-state index >= 15 is 0 Å². The molecular formula is C12H11BrF3N3. The maximum absolute atomic E-state index is 13.0. The molecule has 1 aromatic carbocycles. The molecule has 2 rings (SSSR count). The van der Waals surface area contributed by atoms with Crippen molar-refractivity contribution in [1.82, 2.24) is 9.78 Å². The van der Waals surface area contributed by atoms with Crippen LogP contribution in [-0.2, 0) is 6.18 Å². The number of rotatable bonds is 1. The zero-order valence-corrected chi connectivity index (χ0v) is 11.8. The van der Waals surface area contributed by atoms with E-state index in [9.17, 15) is 13.2 Å². The monoisotopic (exact) mass is 333 g/mol. The first kappa shape index (κ1) is 13.9. The van der Waals surface area contributed by atoms with Crippen molar-refractivity contribution in [2.75, 3.05) is 5.73 Å². The van der Waals surface area contributed by atoms with Gasteiger partial charge < -0.3 is 5.73 Å².